The van der Waals surface area contributed by atoms with Crippen molar-refractivity contribution in [1.29, 1.82) is 0 Å². The molecule has 0 radical (unpaired) electrons. The number of nitrogens with two attached hydrogens (primary N) is 1. The minimum Gasteiger partial charge on any atom is -0.385 e. The van der Waals surface area contributed by atoms with Gasteiger partial charge in [0.2, 0.25) is 5.91 Å². The Labute approximate surface area is 101 Å². The quantitative estimate of drug-likeness (QED) is 0.801. The first-order valence-electron chi connectivity index (χ1n) is 5.53. The number of nitrogens with zero attached hydrogens (tertiary/aromatic N) is 1. The zero-order valence-corrected chi connectivity index (χ0v) is 10.5. The number of hydrogen-bond donors (Lipinski definition) is 2. The average molecular weight is 237 g/mol. The number of nitrogens with one attached hydrogen (secondary N) is 1. The lowest BCUT2D eigenvalue weighted by Crippen LogP contribution is -2.36. The maximum Gasteiger partial charge on any atom is 0.242 e. The van der Waals surface area contributed by atoms with Crippen LogP contribution < -0.4 is 11.1 Å². The van der Waals surface area contributed by atoms with Crippen molar-refractivity contribution < 1.29 is 9.53 Å². The Hall–Kier alpha value is -1.46. The van der Waals surface area contributed by atoms with E-state index in [0.29, 0.717) is 18.8 Å². The Bertz CT molecular complexity index is 373. The number of rotatable bonds is 5. The van der Waals surface area contributed by atoms with Gasteiger partial charge in [0.15, 0.2) is 0 Å². The summed E-state index contributed by atoms with van der Waals surface area (Å²) in [5.41, 5.74) is 7.63. The van der Waals surface area contributed by atoms with Crippen LogP contribution in [0.5, 0.6) is 0 Å². The molecule has 3 N–H and O–H groups in total. The predicted octanol–water partition coefficient (Wildman–Crippen LogP) is 1.00. The normalized spacial score (nSPS) is 12.2. The number of ether oxygens (including phenoxy) is 1. The minimum absolute atomic E-state index is 0.237. The molecule has 1 unspecified atom stereocenters. The highest BCUT2D eigenvalue weighted by Crippen LogP contribution is 2.09. The van der Waals surface area contributed by atoms with Crippen LogP contribution in [0.15, 0.2) is 12.1 Å². The van der Waals surface area contributed by atoms with Crippen molar-refractivity contribution in [2.75, 3.05) is 19.0 Å². The summed E-state index contributed by atoms with van der Waals surface area (Å²) >= 11 is 0. The fourth-order valence-electron chi connectivity index (χ4n) is 1.50. The number of aromatic nitrogens is 1. The molecule has 17 heavy (non-hydrogen) atoms. The Morgan fingerprint density at radius 2 is 2.24 bits per heavy atom. The molecule has 0 saturated carbocycles. The third kappa shape index (κ3) is 4.50. The third-order valence-corrected chi connectivity index (χ3v) is 2.32. The first kappa shape index (κ1) is 13.6. The molecule has 1 amide bonds. The predicted molar refractivity (Wildman–Crippen MR) is 66.8 cm³/mol. The fraction of sp³-hybridized carbons (Fsp3) is 0.500. The van der Waals surface area contributed by atoms with Crippen molar-refractivity contribution in [3.8, 4) is 0 Å². The number of methoxy groups -OCH3 is 1. The maximum atomic E-state index is 11.7. The average Bonchev–Trinajstić information content (AvgIpc) is 2.24. The molecule has 1 aromatic heterocycles. The van der Waals surface area contributed by atoms with Gasteiger partial charge in [0.25, 0.3) is 0 Å². The van der Waals surface area contributed by atoms with E-state index in [0.717, 1.165) is 11.3 Å². The highest BCUT2D eigenvalue weighted by molar-refractivity contribution is 5.93. The first-order valence-corrected chi connectivity index (χ1v) is 5.53. The van der Waals surface area contributed by atoms with Gasteiger partial charge in [-0.2, -0.15) is 0 Å². The molecule has 0 aliphatic carbocycles. The van der Waals surface area contributed by atoms with Gasteiger partial charge in [-0.1, -0.05) is 0 Å². The molecule has 1 rings (SSSR count). The van der Waals surface area contributed by atoms with Crippen LogP contribution in [0.2, 0.25) is 0 Å². The molecule has 5 heteroatoms. The topological polar surface area (TPSA) is 77.2 Å². The lowest BCUT2D eigenvalue weighted by atomic mass is 10.2. The Morgan fingerprint density at radius 3 is 2.82 bits per heavy atom. The standard InChI is InChI=1S/C12H19N3O2/c1-8-6-9(2)14-11(7-8)15-12(16)10(13)4-5-17-3/h6-7,10H,4-5,13H2,1-3H3,(H,14,15,16). The summed E-state index contributed by atoms with van der Waals surface area (Å²) in [4.78, 5) is 15.9. The molecule has 1 aromatic rings. The van der Waals surface area contributed by atoms with Crippen LogP contribution in [0.25, 0.3) is 0 Å². The molecule has 0 spiro atoms. The van der Waals surface area contributed by atoms with E-state index in [9.17, 15) is 4.79 Å². The number of anilines is 1. The molecule has 1 heterocycles. The molecule has 5 nitrogen and oxygen atoms in total. The van der Waals surface area contributed by atoms with Crippen LogP contribution in [-0.2, 0) is 9.53 Å². The monoisotopic (exact) mass is 237 g/mol. The second-order valence-corrected chi connectivity index (χ2v) is 4.05. The second-order valence-electron chi connectivity index (χ2n) is 4.05. The third-order valence-electron chi connectivity index (χ3n) is 2.32. The van der Waals surface area contributed by atoms with Crippen LogP contribution in [0, 0.1) is 13.8 Å². The summed E-state index contributed by atoms with van der Waals surface area (Å²) in [6, 6.07) is 3.19. The summed E-state index contributed by atoms with van der Waals surface area (Å²) in [6.07, 6.45) is 0.493. The van der Waals surface area contributed by atoms with E-state index in [1.807, 2.05) is 26.0 Å². The van der Waals surface area contributed by atoms with Gasteiger partial charge in [-0.3, -0.25) is 4.79 Å². The molecular formula is C12H19N3O2. The van der Waals surface area contributed by atoms with Crippen molar-refractivity contribution in [2.45, 2.75) is 26.3 Å². The van der Waals surface area contributed by atoms with E-state index in [1.165, 1.54) is 0 Å². The van der Waals surface area contributed by atoms with E-state index in [-0.39, 0.29) is 5.91 Å². The SMILES string of the molecule is COCCC(N)C(=O)Nc1cc(C)cc(C)n1. The number of hydrogen-bond acceptors (Lipinski definition) is 4. The lowest BCUT2D eigenvalue weighted by molar-refractivity contribution is -0.117. The van der Waals surface area contributed by atoms with Gasteiger partial charge in [0.1, 0.15) is 5.82 Å². The molecular weight excluding hydrogens is 218 g/mol. The summed E-state index contributed by atoms with van der Waals surface area (Å²) in [5, 5.41) is 2.70. The zero-order chi connectivity index (χ0) is 12.8. The summed E-state index contributed by atoms with van der Waals surface area (Å²) in [5.74, 6) is 0.305. The lowest BCUT2D eigenvalue weighted by Gasteiger charge is -2.11. The van der Waals surface area contributed by atoms with Crippen molar-refractivity contribution in [1.82, 2.24) is 4.98 Å². The van der Waals surface area contributed by atoms with Gasteiger partial charge in [0.05, 0.1) is 6.04 Å². The molecule has 0 aliphatic heterocycles. The summed E-state index contributed by atoms with van der Waals surface area (Å²) < 4.78 is 4.88. The molecule has 1 atom stereocenters. The van der Waals surface area contributed by atoms with E-state index in [4.69, 9.17) is 10.5 Å². The van der Waals surface area contributed by atoms with Crippen LogP contribution in [0.1, 0.15) is 17.7 Å². The largest absolute Gasteiger partial charge is 0.385 e. The van der Waals surface area contributed by atoms with Gasteiger partial charge in [-0.25, -0.2) is 4.98 Å². The smallest absolute Gasteiger partial charge is 0.242 e. The van der Waals surface area contributed by atoms with Crippen molar-refractivity contribution in [2.24, 2.45) is 5.73 Å². The van der Waals surface area contributed by atoms with Gasteiger partial charge in [-0.05, 0) is 38.0 Å². The van der Waals surface area contributed by atoms with Gasteiger partial charge in [-0.15, -0.1) is 0 Å². The molecule has 0 bridgehead atoms. The number of carbonyl (C=O) groups is 1. The van der Waals surface area contributed by atoms with Gasteiger partial charge in [0, 0.05) is 19.4 Å². The van der Waals surface area contributed by atoms with E-state index in [2.05, 4.69) is 10.3 Å². The Kier molecular flexibility index (Phi) is 5.06. The van der Waals surface area contributed by atoms with Crippen LogP contribution in [0.4, 0.5) is 5.82 Å². The van der Waals surface area contributed by atoms with E-state index < -0.39 is 6.04 Å². The first-order chi connectivity index (χ1) is 8.02. The summed E-state index contributed by atoms with van der Waals surface area (Å²) in [6.45, 7) is 4.30. The molecule has 0 saturated heterocycles. The van der Waals surface area contributed by atoms with Gasteiger partial charge >= 0.3 is 0 Å². The van der Waals surface area contributed by atoms with Crippen LogP contribution in [0.3, 0.4) is 0 Å². The molecule has 0 aromatic carbocycles. The molecule has 94 valence electrons. The Morgan fingerprint density at radius 1 is 1.53 bits per heavy atom. The number of pyridine rings is 1. The van der Waals surface area contributed by atoms with Crippen LogP contribution in [-0.4, -0.2) is 30.6 Å². The zero-order valence-electron chi connectivity index (χ0n) is 10.5. The highest BCUT2D eigenvalue weighted by atomic mass is 16.5. The highest BCUT2D eigenvalue weighted by Gasteiger charge is 2.13. The minimum atomic E-state index is -0.572. The van der Waals surface area contributed by atoms with E-state index in [1.54, 1.807) is 7.11 Å². The molecule has 0 fully saturated rings. The van der Waals surface area contributed by atoms with E-state index >= 15 is 0 Å². The number of aryl methyl sites for hydroxylation is 2. The van der Waals surface area contributed by atoms with Crippen molar-refractivity contribution in [3.05, 3.63) is 23.4 Å². The summed E-state index contributed by atoms with van der Waals surface area (Å²) in [7, 11) is 1.58. The van der Waals surface area contributed by atoms with Crippen LogP contribution >= 0.6 is 0 Å². The van der Waals surface area contributed by atoms with Crippen molar-refractivity contribution in [3.63, 3.8) is 0 Å². The number of amides is 1. The van der Waals surface area contributed by atoms with Gasteiger partial charge < -0.3 is 15.8 Å². The fourth-order valence-corrected chi connectivity index (χ4v) is 1.50. The van der Waals surface area contributed by atoms with Crippen molar-refractivity contribution >= 4 is 11.7 Å². The Balaban J connectivity index is 2.61. The number of carbonyl (C=O) groups excluding carboxylic acids is 1. The second kappa shape index (κ2) is 6.32. The maximum absolute atomic E-state index is 11.7. The molecule has 0 aliphatic rings.